The van der Waals surface area contributed by atoms with Crippen molar-refractivity contribution < 1.29 is 9.53 Å². The Kier molecular flexibility index (Phi) is 6.89. The number of nitrogens with zero attached hydrogens (tertiary/aromatic N) is 1. The van der Waals surface area contributed by atoms with Crippen LogP contribution in [0.3, 0.4) is 0 Å². The van der Waals surface area contributed by atoms with Crippen LogP contribution in [-0.2, 0) is 4.79 Å². The monoisotopic (exact) mass is 275 g/mol. The summed E-state index contributed by atoms with van der Waals surface area (Å²) in [5.74, 6) is 0.556. The molecule has 1 aromatic carbocycles. The van der Waals surface area contributed by atoms with E-state index in [1.807, 2.05) is 31.2 Å². The van der Waals surface area contributed by atoms with E-state index in [0.717, 1.165) is 11.3 Å². The van der Waals surface area contributed by atoms with Crippen molar-refractivity contribution in [3.05, 3.63) is 41.7 Å². The molecule has 0 aliphatic carbocycles. The van der Waals surface area contributed by atoms with Crippen LogP contribution in [0.15, 0.2) is 41.2 Å². The second-order valence-electron chi connectivity index (χ2n) is 4.29. The van der Waals surface area contributed by atoms with E-state index < -0.39 is 0 Å². The van der Waals surface area contributed by atoms with E-state index in [-0.39, 0.29) is 12.5 Å². The minimum absolute atomic E-state index is 0.0156. The van der Waals surface area contributed by atoms with Crippen LogP contribution in [0.25, 0.3) is 0 Å². The topological polar surface area (TPSA) is 62.7 Å². The third kappa shape index (κ3) is 6.04. The zero-order chi connectivity index (χ0) is 14.8. The summed E-state index contributed by atoms with van der Waals surface area (Å²) in [5.41, 5.74) is 2.02. The summed E-state index contributed by atoms with van der Waals surface area (Å²) in [6.07, 6.45) is 2.31. The molecule has 2 N–H and O–H groups in total. The Bertz CT molecular complexity index is 484. The lowest BCUT2D eigenvalue weighted by molar-refractivity contribution is -0.123. The maximum atomic E-state index is 11.6. The predicted octanol–water partition coefficient (Wildman–Crippen LogP) is 1.64. The molecule has 0 bridgehead atoms. The van der Waals surface area contributed by atoms with Crippen LogP contribution in [0.2, 0.25) is 0 Å². The molecule has 0 atom stereocenters. The lowest BCUT2D eigenvalue weighted by atomic mass is 10.2. The van der Waals surface area contributed by atoms with Crippen LogP contribution in [0.5, 0.6) is 5.75 Å². The van der Waals surface area contributed by atoms with Crippen molar-refractivity contribution in [1.29, 1.82) is 0 Å². The summed E-state index contributed by atoms with van der Waals surface area (Å²) in [6.45, 7) is 5.91. The van der Waals surface area contributed by atoms with Gasteiger partial charge in [-0.25, -0.2) is 0 Å². The maximum Gasteiger partial charge on any atom is 0.257 e. The largest absolute Gasteiger partial charge is 0.484 e. The number of rotatable bonds is 8. The van der Waals surface area contributed by atoms with Crippen molar-refractivity contribution in [1.82, 2.24) is 10.6 Å². The molecule has 0 spiro atoms. The van der Waals surface area contributed by atoms with E-state index in [1.54, 1.807) is 13.2 Å². The summed E-state index contributed by atoms with van der Waals surface area (Å²) in [7, 11) is 1.81. The molecular formula is C15H21N3O2. The second-order valence-corrected chi connectivity index (χ2v) is 4.29. The summed E-state index contributed by atoms with van der Waals surface area (Å²) >= 11 is 0. The van der Waals surface area contributed by atoms with Crippen molar-refractivity contribution >= 4 is 12.6 Å². The summed E-state index contributed by atoms with van der Waals surface area (Å²) in [6, 6.07) is 7.60. The van der Waals surface area contributed by atoms with Crippen LogP contribution >= 0.6 is 0 Å². The number of aliphatic imine (C=N–C) groups is 1. The molecule has 1 amide bonds. The fourth-order valence-corrected chi connectivity index (χ4v) is 1.61. The van der Waals surface area contributed by atoms with Crippen LogP contribution < -0.4 is 15.4 Å². The lowest BCUT2D eigenvalue weighted by Crippen LogP contribution is -2.30. The number of hydrogen-bond donors (Lipinski definition) is 2. The van der Waals surface area contributed by atoms with Gasteiger partial charge in [0, 0.05) is 31.9 Å². The molecule has 1 rings (SSSR count). The van der Waals surface area contributed by atoms with Gasteiger partial charge < -0.3 is 15.4 Å². The highest BCUT2D eigenvalue weighted by Crippen LogP contribution is 2.11. The first-order valence-electron chi connectivity index (χ1n) is 6.44. The standard InChI is InChI=1S/C15H21N3O2/c1-12-5-4-6-14(9-12)20-11-15(19)18-8-7-13(17-3)10-16-2/h4-6,9-10,17H,2,7-8,11H2,1,3H3,(H,18,19)/b13-10-. The summed E-state index contributed by atoms with van der Waals surface area (Å²) < 4.78 is 5.41. The van der Waals surface area contributed by atoms with Crippen molar-refractivity contribution in [2.45, 2.75) is 13.3 Å². The number of carbonyl (C=O) groups is 1. The van der Waals surface area contributed by atoms with Gasteiger partial charge >= 0.3 is 0 Å². The molecule has 0 fully saturated rings. The first-order valence-corrected chi connectivity index (χ1v) is 6.44. The normalized spacial score (nSPS) is 10.8. The Labute approximate surface area is 119 Å². The molecule has 0 radical (unpaired) electrons. The number of aryl methyl sites for hydroxylation is 1. The van der Waals surface area contributed by atoms with Gasteiger partial charge in [0.15, 0.2) is 6.61 Å². The van der Waals surface area contributed by atoms with E-state index in [4.69, 9.17) is 4.74 Å². The van der Waals surface area contributed by atoms with Crippen LogP contribution in [-0.4, -0.2) is 32.8 Å². The Balaban J connectivity index is 2.27. The zero-order valence-electron chi connectivity index (χ0n) is 12.0. The molecule has 0 aromatic heterocycles. The van der Waals surface area contributed by atoms with E-state index in [2.05, 4.69) is 22.3 Å². The maximum absolute atomic E-state index is 11.6. The van der Waals surface area contributed by atoms with E-state index >= 15 is 0 Å². The minimum Gasteiger partial charge on any atom is -0.484 e. The first-order chi connectivity index (χ1) is 9.65. The SMILES string of the molecule is C=N/C=C(/CCNC(=O)COc1cccc(C)c1)NC. The summed E-state index contributed by atoms with van der Waals surface area (Å²) in [4.78, 5) is 15.3. The highest BCUT2D eigenvalue weighted by atomic mass is 16.5. The Morgan fingerprint density at radius 2 is 2.30 bits per heavy atom. The quantitative estimate of drug-likeness (QED) is 0.709. The molecule has 0 aliphatic heterocycles. The van der Waals surface area contributed by atoms with Gasteiger partial charge in [-0.3, -0.25) is 9.79 Å². The number of hydrogen-bond acceptors (Lipinski definition) is 4. The summed E-state index contributed by atoms with van der Waals surface area (Å²) in [5, 5.41) is 5.77. The molecule has 0 saturated heterocycles. The highest BCUT2D eigenvalue weighted by Gasteiger charge is 2.03. The number of carbonyl (C=O) groups excluding carboxylic acids is 1. The van der Waals surface area contributed by atoms with Crippen molar-refractivity contribution in [3.63, 3.8) is 0 Å². The molecule has 0 unspecified atom stereocenters. The van der Waals surface area contributed by atoms with Gasteiger partial charge in [-0.15, -0.1) is 0 Å². The second kappa shape index (κ2) is 8.74. The molecule has 5 nitrogen and oxygen atoms in total. The molecule has 5 heteroatoms. The van der Waals surface area contributed by atoms with Crippen LogP contribution in [0, 0.1) is 6.92 Å². The number of nitrogens with one attached hydrogen (secondary N) is 2. The van der Waals surface area contributed by atoms with Crippen LogP contribution in [0.4, 0.5) is 0 Å². The molecule has 20 heavy (non-hydrogen) atoms. The zero-order valence-corrected chi connectivity index (χ0v) is 12.0. The molecule has 0 saturated carbocycles. The molecular weight excluding hydrogens is 254 g/mol. The Morgan fingerprint density at radius 3 is 2.95 bits per heavy atom. The van der Waals surface area contributed by atoms with Crippen molar-refractivity contribution in [3.8, 4) is 5.75 Å². The van der Waals surface area contributed by atoms with Gasteiger partial charge in [0.2, 0.25) is 0 Å². The predicted molar refractivity (Wildman–Crippen MR) is 81.0 cm³/mol. The van der Waals surface area contributed by atoms with E-state index in [0.29, 0.717) is 18.7 Å². The average Bonchev–Trinajstić information content (AvgIpc) is 2.44. The third-order valence-electron chi connectivity index (χ3n) is 2.64. The average molecular weight is 275 g/mol. The van der Waals surface area contributed by atoms with Crippen LogP contribution in [0.1, 0.15) is 12.0 Å². The van der Waals surface area contributed by atoms with E-state index in [9.17, 15) is 4.79 Å². The Morgan fingerprint density at radius 1 is 1.50 bits per heavy atom. The number of amides is 1. The van der Waals surface area contributed by atoms with Gasteiger partial charge in [0.05, 0.1) is 0 Å². The minimum atomic E-state index is -0.145. The smallest absolute Gasteiger partial charge is 0.257 e. The highest BCUT2D eigenvalue weighted by molar-refractivity contribution is 5.77. The molecule has 108 valence electrons. The molecule has 0 heterocycles. The van der Waals surface area contributed by atoms with Crippen molar-refractivity contribution in [2.24, 2.45) is 4.99 Å². The number of ether oxygens (including phenoxy) is 1. The van der Waals surface area contributed by atoms with Crippen molar-refractivity contribution in [2.75, 3.05) is 20.2 Å². The molecule has 0 aliphatic rings. The fraction of sp³-hybridized carbons (Fsp3) is 0.333. The van der Waals surface area contributed by atoms with E-state index in [1.165, 1.54) is 0 Å². The van der Waals surface area contributed by atoms with Gasteiger partial charge in [-0.05, 0) is 31.3 Å². The number of benzene rings is 1. The van der Waals surface area contributed by atoms with Gasteiger partial charge in [-0.1, -0.05) is 12.1 Å². The van der Waals surface area contributed by atoms with Gasteiger partial charge in [0.25, 0.3) is 5.91 Å². The lowest BCUT2D eigenvalue weighted by Gasteiger charge is -2.09. The van der Waals surface area contributed by atoms with Gasteiger partial charge in [0.1, 0.15) is 5.75 Å². The first kappa shape index (κ1) is 15.8. The molecule has 1 aromatic rings. The van der Waals surface area contributed by atoms with Gasteiger partial charge in [-0.2, -0.15) is 0 Å². The third-order valence-corrected chi connectivity index (χ3v) is 2.64. The Hall–Kier alpha value is -2.30. The fourth-order valence-electron chi connectivity index (χ4n) is 1.61.